The first-order chi connectivity index (χ1) is 11.7. The maximum Gasteiger partial charge on any atom is 0.360 e. The van der Waals surface area contributed by atoms with E-state index in [1.165, 1.54) is 12.8 Å². The van der Waals surface area contributed by atoms with Crippen molar-refractivity contribution in [3.8, 4) is 0 Å². The normalized spacial score (nSPS) is 18.3. The van der Waals surface area contributed by atoms with Gasteiger partial charge in [0.15, 0.2) is 5.69 Å². The van der Waals surface area contributed by atoms with Crippen molar-refractivity contribution in [1.82, 2.24) is 29.3 Å². The van der Waals surface area contributed by atoms with E-state index >= 15 is 0 Å². The van der Waals surface area contributed by atoms with Crippen LogP contribution in [0.2, 0.25) is 0 Å². The van der Waals surface area contributed by atoms with Gasteiger partial charge in [-0.05, 0) is 18.6 Å². The number of likely N-dealkylation sites (tertiary alicyclic amines) is 1. The Balaban J connectivity index is 1.46. The lowest BCUT2D eigenvalue weighted by Gasteiger charge is -2.17. The molecule has 0 amide bonds. The minimum absolute atomic E-state index is 0.220. The summed E-state index contributed by atoms with van der Waals surface area (Å²) in [6.07, 6.45) is 6.44. The predicted octanol–water partition coefficient (Wildman–Crippen LogP) is 1.16. The fraction of sp³-hybridized carbons (Fsp3) is 0.375. The van der Waals surface area contributed by atoms with Crippen LogP contribution in [-0.2, 0) is 11.3 Å². The van der Waals surface area contributed by atoms with Gasteiger partial charge in [-0.1, -0.05) is 11.3 Å². The maximum atomic E-state index is 11.5. The molecule has 0 radical (unpaired) electrons. The van der Waals surface area contributed by atoms with Gasteiger partial charge in [0.2, 0.25) is 0 Å². The third-order valence-electron chi connectivity index (χ3n) is 4.42. The molecule has 1 fully saturated rings. The summed E-state index contributed by atoms with van der Waals surface area (Å²) >= 11 is 0. The molecule has 1 saturated heterocycles. The van der Waals surface area contributed by atoms with Gasteiger partial charge in [0, 0.05) is 37.7 Å². The van der Waals surface area contributed by atoms with Crippen molar-refractivity contribution in [1.29, 1.82) is 0 Å². The van der Waals surface area contributed by atoms with Gasteiger partial charge in [-0.25, -0.2) is 14.5 Å². The van der Waals surface area contributed by atoms with E-state index in [0.29, 0.717) is 0 Å². The van der Waals surface area contributed by atoms with Crippen molar-refractivity contribution < 1.29 is 9.53 Å². The van der Waals surface area contributed by atoms with E-state index < -0.39 is 5.97 Å². The highest BCUT2D eigenvalue weighted by molar-refractivity contribution is 5.86. The lowest BCUT2D eigenvalue weighted by Crippen LogP contribution is -2.22. The summed E-state index contributed by atoms with van der Waals surface area (Å²) in [5.41, 5.74) is 2.42. The van der Waals surface area contributed by atoms with Crippen LogP contribution in [0.4, 0.5) is 0 Å². The summed E-state index contributed by atoms with van der Waals surface area (Å²) in [4.78, 5) is 18.2. The molecular weight excluding hydrogens is 308 g/mol. The van der Waals surface area contributed by atoms with E-state index in [-0.39, 0.29) is 11.7 Å². The average molecular weight is 326 g/mol. The quantitative estimate of drug-likeness (QED) is 0.670. The zero-order valence-corrected chi connectivity index (χ0v) is 13.4. The molecule has 0 spiro atoms. The van der Waals surface area contributed by atoms with Crippen molar-refractivity contribution in [2.45, 2.75) is 19.0 Å². The second kappa shape index (κ2) is 6.04. The minimum atomic E-state index is -0.456. The van der Waals surface area contributed by atoms with Crippen LogP contribution >= 0.6 is 0 Å². The van der Waals surface area contributed by atoms with Crippen molar-refractivity contribution in [3.63, 3.8) is 0 Å². The van der Waals surface area contributed by atoms with Gasteiger partial charge in [0.25, 0.3) is 0 Å². The molecule has 1 atom stereocenters. The average Bonchev–Trinajstić information content (AvgIpc) is 3.33. The zero-order chi connectivity index (χ0) is 16.5. The van der Waals surface area contributed by atoms with Gasteiger partial charge < -0.3 is 9.14 Å². The summed E-state index contributed by atoms with van der Waals surface area (Å²) in [7, 11) is 1.34. The lowest BCUT2D eigenvalue weighted by molar-refractivity contribution is 0.0594. The Labute approximate surface area is 138 Å². The first-order valence-corrected chi connectivity index (χ1v) is 7.88. The fourth-order valence-corrected chi connectivity index (χ4v) is 3.19. The largest absolute Gasteiger partial charge is 0.464 e. The van der Waals surface area contributed by atoms with E-state index in [0.717, 1.165) is 31.7 Å². The highest BCUT2D eigenvalue weighted by atomic mass is 16.5. The van der Waals surface area contributed by atoms with Crippen LogP contribution in [0.3, 0.4) is 0 Å². The minimum Gasteiger partial charge on any atom is -0.464 e. The van der Waals surface area contributed by atoms with E-state index in [9.17, 15) is 4.79 Å². The summed E-state index contributed by atoms with van der Waals surface area (Å²) in [6, 6.07) is 6.37. The van der Waals surface area contributed by atoms with Crippen LogP contribution in [-0.4, -0.2) is 55.4 Å². The van der Waals surface area contributed by atoms with Crippen molar-refractivity contribution in [2.75, 3.05) is 20.2 Å². The predicted molar refractivity (Wildman–Crippen MR) is 85.5 cm³/mol. The van der Waals surface area contributed by atoms with Gasteiger partial charge in [-0.15, -0.1) is 5.10 Å². The number of carbonyl (C=O) groups excluding carboxylic acids is 1. The molecule has 1 aliphatic rings. The van der Waals surface area contributed by atoms with Gasteiger partial charge in [-0.2, -0.15) is 0 Å². The van der Waals surface area contributed by atoms with Crippen LogP contribution in [0.5, 0.6) is 0 Å². The highest BCUT2D eigenvalue weighted by Crippen LogP contribution is 2.22. The number of fused-ring (bicyclic) bond motifs is 1. The SMILES string of the molecule is COC(=O)c1cn([C@@H]2CCN(Cc3cccc4nccn34)C2)nn1. The maximum absolute atomic E-state index is 11.5. The topological polar surface area (TPSA) is 77.5 Å². The molecule has 124 valence electrons. The van der Waals surface area contributed by atoms with E-state index in [2.05, 4.69) is 35.4 Å². The molecule has 3 aromatic heterocycles. The third kappa shape index (κ3) is 2.65. The molecule has 3 aromatic rings. The Morgan fingerprint density at radius 2 is 2.33 bits per heavy atom. The number of pyridine rings is 1. The van der Waals surface area contributed by atoms with Crippen LogP contribution in [0, 0.1) is 0 Å². The van der Waals surface area contributed by atoms with Crippen LogP contribution in [0.15, 0.2) is 36.8 Å². The molecule has 1 aliphatic heterocycles. The number of hydrogen-bond donors (Lipinski definition) is 0. The summed E-state index contributed by atoms with van der Waals surface area (Å²) in [5.74, 6) is -0.456. The third-order valence-corrected chi connectivity index (χ3v) is 4.42. The van der Waals surface area contributed by atoms with Crippen LogP contribution in [0.25, 0.3) is 5.65 Å². The Bertz CT molecular complexity index is 870. The molecule has 0 N–H and O–H groups in total. The number of aromatic nitrogens is 5. The molecule has 24 heavy (non-hydrogen) atoms. The van der Waals surface area contributed by atoms with Gasteiger partial charge in [0.1, 0.15) is 5.65 Å². The number of carbonyl (C=O) groups is 1. The molecule has 0 unspecified atom stereocenters. The van der Waals surface area contributed by atoms with Crippen LogP contribution < -0.4 is 0 Å². The number of imidazole rings is 1. The van der Waals surface area contributed by atoms with Crippen molar-refractivity contribution >= 4 is 11.6 Å². The number of esters is 1. The van der Waals surface area contributed by atoms with Crippen molar-refractivity contribution in [3.05, 3.63) is 48.2 Å². The Morgan fingerprint density at radius 3 is 3.21 bits per heavy atom. The number of methoxy groups -OCH3 is 1. The monoisotopic (exact) mass is 326 g/mol. The zero-order valence-electron chi connectivity index (χ0n) is 13.4. The Morgan fingerprint density at radius 1 is 1.42 bits per heavy atom. The molecule has 0 aliphatic carbocycles. The van der Waals surface area contributed by atoms with Crippen molar-refractivity contribution in [2.24, 2.45) is 0 Å². The molecule has 0 saturated carbocycles. The van der Waals surface area contributed by atoms with E-state index in [1.54, 1.807) is 10.9 Å². The second-order valence-electron chi connectivity index (χ2n) is 5.93. The molecule has 0 bridgehead atoms. The molecular formula is C16H18N6O2. The number of ether oxygens (including phenoxy) is 1. The fourth-order valence-electron chi connectivity index (χ4n) is 3.19. The van der Waals surface area contributed by atoms with E-state index in [4.69, 9.17) is 0 Å². The number of rotatable bonds is 4. The molecule has 0 aromatic carbocycles. The standard InChI is InChI=1S/C16H18N6O2/c1-24-16(23)14-11-22(19-18-14)13-5-7-20(10-13)9-12-3-2-4-15-17-6-8-21(12)15/h2-4,6,8,11,13H,5,7,9-10H2,1H3/t13-/m1/s1. The number of hydrogen-bond acceptors (Lipinski definition) is 6. The second-order valence-corrected chi connectivity index (χ2v) is 5.93. The molecule has 4 rings (SSSR count). The highest BCUT2D eigenvalue weighted by Gasteiger charge is 2.26. The smallest absolute Gasteiger partial charge is 0.360 e. The van der Waals surface area contributed by atoms with E-state index in [1.807, 2.05) is 24.5 Å². The molecule has 8 heteroatoms. The Kier molecular flexibility index (Phi) is 3.73. The molecule has 4 heterocycles. The molecule has 8 nitrogen and oxygen atoms in total. The van der Waals surface area contributed by atoms with Crippen LogP contribution in [0.1, 0.15) is 28.6 Å². The van der Waals surface area contributed by atoms with Gasteiger partial charge >= 0.3 is 5.97 Å². The van der Waals surface area contributed by atoms with Gasteiger partial charge in [0.05, 0.1) is 19.3 Å². The van der Waals surface area contributed by atoms with Gasteiger partial charge in [-0.3, -0.25) is 4.90 Å². The Hall–Kier alpha value is -2.74. The lowest BCUT2D eigenvalue weighted by atomic mass is 10.3. The summed E-state index contributed by atoms with van der Waals surface area (Å²) < 4.78 is 8.55. The first kappa shape index (κ1) is 14.8. The summed E-state index contributed by atoms with van der Waals surface area (Å²) in [5, 5.41) is 7.96. The number of nitrogens with zero attached hydrogens (tertiary/aromatic N) is 6. The summed E-state index contributed by atoms with van der Waals surface area (Å²) in [6.45, 7) is 2.70. The first-order valence-electron chi connectivity index (χ1n) is 7.88.